The Hall–Kier alpha value is -3.77. The van der Waals surface area contributed by atoms with E-state index < -0.39 is 17.3 Å². The van der Waals surface area contributed by atoms with Crippen molar-refractivity contribution in [2.24, 2.45) is 0 Å². The summed E-state index contributed by atoms with van der Waals surface area (Å²) in [6, 6.07) is 7.79. The summed E-state index contributed by atoms with van der Waals surface area (Å²) in [7, 11) is 0. The molecule has 0 N–H and O–H groups in total. The van der Waals surface area contributed by atoms with Crippen molar-refractivity contribution in [2.75, 3.05) is 29.5 Å². The van der Waals surface area contributed by atoms with Crippen molar-refractivity contribution in [1.29, 1.82) is 0 Å². The van der Waals surface area contributed by atoms with Crippen LogP contribution in [0.5, 0.6) is 0 Å². The molecule has 1 saturated carbocycles. The van der Waals surface area contributed by atoms with Crippen molar-refractivity contribution in [3.05, 3.63) is 77.0 Å². The van der Waals surface area contributed by atoms with Crippen LogP contribution >= 0.6 is 23.5 Å². The zero-order chi connectivity index (χ0) is 30.7. The number of thioether (sulfide) groups is 2. The monoisotopic (exact) mass is 632 g/mol. The zero-order valence-electron chi connectivity index (χ0n) is 24.3. The third kappa shape index (κ3) is 4.79. The molecule has 3 aromatic heterocycles. The molecule has 1 aliphatic carbocycles. The Kier molecular flexibility index (Phi) is 7.44. The molecule has 7 rings (SSSR count). The van der Waals surface area contributed by atoms with Crippen LogP contribution in [0.1, 0.15) is 38.3 Å². The lowest BCUT2D eigenvalue weighted by molar-refractivity contribution is -0.126. The number of anilines is 1. The summed E-state index contributed by atoms with van der Waals surface area (Å²) in [6.45, 7) is 8.45. The Morgan fingerprint density at radius 3 is 2.64 bits per heavy atom. The van der Waals surface area contributed by atoms with Crippen molar-refractivity contribution in [1.82, 2.24) is 24.4 Å². The van der Waals surface area contributed by atoms with Crippen LogP contribution in [0.4, 0.5) is 14.6 Å². The number of benzene rings is 1. The molecule has 5 heterocycles. The van der Waals surface area contributed by atoms with Crippen molar-refractivity contribution < 1.29 is 13.6 Å². The van der Waals surface area contributed by atoms with E-state index in [4.69, 9.17) is 4.98 Å². The number of pyridine rings is 2. The summed E-state index contributed by atoms with van der Waals surface area (Å²) in [4.78, 5) is 45.8. The van der Waals surface area contributed by atoms with Gasteiger partial charge in [-0.05, 0) is 60.6 Å². The lowest BCUT2D eigenvalue weighted by atomic mass is 10.1. The summed E-state index contributed by atoms with van der Waals surface area (Å²) in [5.41, 5.74) is 0.795. The normalized spacial score (nSPS) is 19.5. The first-order valence-electron chi connectivity index (χ1n) is 14.6. The molecule has 4 aromatic rings. The molecule has 1 saturated heterocycles. The van der Waals surface area contributed by atoms with Gasteiger partial charge in [0, 0.05) is 29.1 Å². The van der Waals surface area contributed by atoms with Crippen LogP contribution in [0.15, 0.2) is 63.8 Å². The summed E-state index contributed by atoms with van der Waals surface area (Å²) >= 11 is 3.08. The van der Waals surface area contributed by atoms with Gasteiger partial charge in [-0.1, -0.05) is 26.5 Å². The third-order valence-electron chi connectivity index (χ3n) is 8.34. The van der Waals surface area contributed by atoms with Gasteiger partial charge < -0.3 is 9.80 Å². The van der Waals surface area contributed by atoms with Gasteiger partial charge in [0.15, 0.2) is 11.5 Å². The van der Waals surface area contributed by atoms with Crippen LogP contribution < -0.4 is 10.6 Å². The van der Waals surface area contributed by atoms with Gasteiger partial charge in [-0.15, -0.1) is 23.5 Å². The van der Waals surface area contributed by atoms with Gasteiger partial charge in [0.25, 0.3) is 0 Å². The maximum atomic E-state index is 16.2. The smallest absolute Gasteiger partial charge is 0.349 e. The van der Waals surface area contributed by atoms with Gasteiger partial charge in [-0.2, -0.15) is 4.98 Å². The first-order chi connectivity index (χ1) is 21.3. The Morgan fingerprint density at radius 1 is 1.07 bits per heavy atom. The number of hydrogen-bond donors (Lipinski definition) is 0. The van der Waals surface area contributed by atoms with E-state index in [0.29, 0.717) is 52.7 Å². The summed E-state index contributed by atoms with van der Waals surface area (Å²) in [6.07, 6.45) is 4.56. The molecule has 1 aromatic carbocycles. The lowest BCUT2D eigenvalue weighted by Gasteiger charge is -2.35. The molecule has 2 fully saturated rings. The molecule has 2 atom stereocenters. The largest absolute Gasteiger partial charge is 0.355 e. The molecule has 1 amide bonds. The van der Waals surface area contributed by atoms with E-state index in [1.54, 1.807) is 35.0 Å². The number of hydrogen-bond acceptors (Lipinski definition) is 8. The number of rotatable bonds is 3. The molecule has 2 bridgehead atoms. The fraction of sp³-hybridized carbons (Fsp3) is 0.344. The van der Waals surface area contributed by atoms with Gasteiger partial charge in [0.05, 0.1) is 34.4 Å². The molecule has 44 heavy (non-hydrogen) atoms. The van der Waals surface area contributed by atoms with E-state index in [9.17, 15) is 9.59 Å². The molecule has 12 heteroatoms. The van der Waals surface area contributed by atoms with Crippen molar-refractivity contribution >= 4 is 46.3 Å². The van der Waals surface area contributed by atoms with E-state index >= 15 is 8.78 Å². The molecular formula is C32H30F2N6O2S2. The molecule has 0 unspecified atom stereocenters. The van der Waals surface area contributed by atoms with Crippen LogP contribution in [0.25, 0.3) is 28.0 Å². The SMILES string of the molecule is C=CC(=O)N1CCN(c2nc(=O)n3c4nc(c(F)cc24)-c2c(F)cccc2SCCCSc2ccnc(C(C)C)c2-3)[C@@H]2C[C@@H]21. The number of fused-ring (bicyclic) bond motifs is 6. The molecular weight excluding hydrogens is 603 g/mol. The van der Waals surface area contributed by atoms with Crippen molar-refractivity contribution in [3.8, 4) is 16.9 Å². The zero-order valence-corrected chi connectivity index (χ0v) is 25.9. The van der Waals surface area contributed by atoms with Gasteiger partial charge in [0.1, 0.15) is 17.3 Å². The Bertz CT molecular complexity index is 1900. The molecule has 8 nitrogen and oxygen atoms in total. The number of carbonyl (C=O) groups excluding carboxylic acids is 1. The molecule has 2 aliphatic heterocycles. The van der Waals surface area contributed by atoms with Gasteiger partial charge in [-0.3, -0.25) is 9.78 Å². The highest BCUT2D eigenvalue weighted by molar-refractivity contribution is 8.00. The van der Waals surface area contributed by atoms with Crippen LogP contribution in [0.2, 0.25) is 0 Å². The van der Waals surface area contributed by atoms with Gasteiger partial charge in [-0.25, -0.2) is 23.1 Å². The van der Waals surface area contributed by atoms with Crippen molar-refractivity contribution in [2.45, 2.75) is 54.5 Å². The fourth-order valence-electron chi connectivity index (χ4n) is 6.23. The average molecular weight is 633 g/mol. The molecule has 3 aliphatic rings. The van der Waals surface area contributed by atoms with Crippen LogP contribution in [0.3, 0.4) is 0 Å². The van der Waals surface area contributed by atoms with Gasteiger partial charge in [0.2, 0.25) is 5.91 Å². The Morgan fingerprint density at radius 2 is 1.86 bits per heavy atom. The predicted molar refractivity (Wildman–Crippen MR) is 170 cm³/mol. The second kappa shape index (κ2) is 11.3. The van der Waals surface area contributed by atoms with Crippen LogP contribution in [0, 0.1) is 11.6 Å². The summed E-state index contributed by atoms with van der Waals surface area (Å²) in [5, 5.41) is 0.343. The highest BCUT2D eigenvalue weighted by Crippen LogP contribution is 2.43. The minimum atomic E-state index is -0.703. The Balaban J connectivity index is 1.53. The summed E-state index contributed by atoms with van der Waals surface area (Å²) in [5.74, 6) is 0.305. The first-order valence-corrected chi connectivity index (χ1v) is 16.6. The van der Waals surface area contributed by atoms with E-state index in [2.05, 4.69) is 16.5 Å². The lowest BCUT2D eigenvalue weighted by Crippen LogP contribution is -2.49. The van der Waals surface area contributed by atoms with Gasteiger partial charge >= 0.3 is 5.69 Å². The minimum absolute atomic E-state index is 0.0424. The summed E-state index contributed by atoms with van der Waals surface area (Å²) < 4.78 is 33.2. The molecule has 0 radical (unpaired) electrons. The second-order valence-electron chi connectivity index (χ2n) is 11.4. The number of piperazine rings is 1. The van der Waals surface area contributed by atoms with E-state index in [1.165, 1.54) is 34.5 Å². The Labute approximate surface area is 261 Å². The molecule has 0 spiro atoms. The second-order valence-corrected chi connectivity index (χ2v) is 13.7. The van der Waals surface area contributed by atoms with E-state index in [1.807, 2.05) is 24.8 Å². The maximum absolute atomic E-state index is 16.2. The maximum Gasteiger partial charge on any atom is 0.355 e. The topological polar surface area (TPSA) is 84.2 Å². The van der Waals surface area contributed by atoms with Crippen LogP contribution in [-0.4, -0.2) is 67.0 Å². The highest BCUT2D eigenvalue weighted by atomic mass is 32.2. The van der Waals surface area contributed by atoms with E-state index in [-0.39, 0.29) is 40.8 Å². The number of carbonyl (C=O) groups is 1. The van der Waals surface area contributed by atoms with Crippen LogP contribution in [-0.2, 0) is 4.79 Å². The number of nitrogens with zero attached hydrogens (tertiary/aromatic N) is 6. The first kappa shape index (κ1) is 29.0. The fourth-order valence-corrected chi connectivity index (χ4v) is 8.44. The van der Waals surface area contributed by atoms with E-state index in [0.717, 1.165) is 17.1 Å². The quantitative estimate of drug-likeness (QED) is 0.262. The number of aromatic nitrogens is 4. The third-order valence-corrected chi connectivity index (χ3v) is 10.6. The average Bonchev–Trinajstić information content (AvgIpc) is 3.81. The standard InChI is InChI=1S/C32H30F2N6O2S2/c1-4-25(41)38-11-12-39(22-16-21(22)38)30-18-15-20(34)28-26-19(33)7-5-8-23(26)43-13-6-14-44-24-9-10-35-27(17(2)3)29(24)40(31(18)36-28)32(42)37-30/h4-5,7-10,15,17,21-22H,1,6,11-14,16H2,2-3H3/t21-,22+/m0/s1. The minimum Gasteiger partial charge on any atom is -0.349 e. The number of halogens is 2. The van der Waals surface area contributed by atoms with Crippen molar-refractivity contribution in [3.63, 3.8) is 0 Å². The molecule has 226 valence electrons. The highest BCUT2D eigenvalue weighted by Gasteiger charge is 2.51. The number of amides is 1. The predicted octanol–water partition coefficient (Wildman–Crippen LogP) is 5.81.